The Labute approximate surface area is 153 Å². The van der Waals surface area contributed by atoms with Gasteiger partial charge in [-0.25, -0.2) is 4.39 Å². The van der Waals surface area contributed by atoms with Gasteiger partial charge in [0.05, 0.1) is 0 Å². The van der Waals surface area contributed by atoms with E-state index in [1.807, 2.05) is 19.1 Å². The lowest BCUT2D eigenvalue weighted by atomic mass is 9.77. The van der Waals surface area contributed by atoms with Crippen molar-refractivity contribution in [2.75, 3.05) is 5.32 Å². The van der Waals surface area contributed by atoms with E-state index in [1.54, 1.807) is 30.3 Å². The lowest BCUT2D eigenvalue weighted by Crippen LogP contribution is -2.21. The quantitative estimate of drug-likeness (QED) is 0.703. The summed E-state index contributed by atoms with van der Waals surface area (Å²) in [6, 6.07) is 12.6. The number of benzene rings is 2. The first kappa shape index (κ1) is 17.9. The van der Waals surface area contributed by atoms with E-state index in [1.165, 1.54) is 0 Å². The van der Waals surface area contributed by atoms with Gasteiger partial charge in [0.2, 0.25) is 5.91 Å². The second-order valence-corrected chi connectivity index (χ2v) is 7.44. The van der Waals surface area contributed by atoms with Crippen LogP contribution in [-0.2, 0) is 4.79 Å². The van der Waals surface area contributed by atoms with E-state index in [-0.39, 0.29) is 17.6 Å². The summed E-state index contributed by atoms with van der Waals surface area (Å²) >= 11 is 5.85. The van der Waals surface area contributed by atoms with Crippen LogP contribution in [0.25, 0.3) is 0 Å². The number of aryl methyl sites for hydroxylation is 1. The van der Waals surface area contributed by atoms with E-state index in [4.69, 9.17) is 11.6 Å². The van der Waals surface area contributed by atoms with Gasteiger partial charge in [-0.15, -0.1) is 0 Å². The van der Waals surface area contributed by atoms with Crippen molar-refractivity contribution < 1.29 is 9.18 Å². The highest BCUT2D eigenvalue weighted by molar-refractivity contribution is 6.30. The van der Waals surface area contributed by atoms with Gasteiger partial charge in [0.15, 0.2) is 0 Å². The predicted molar refractivity (Wildman–Crippen MR) is 101 cm³/mol. The van der Waals surface area contributed by atoms with Crippen molar-refractivity contribution in [3.8, 4) is 0 Å². The maximum Gasteiger partial charge on any atom is 0.224 e. The Balaban J connectivity index is 1.50. The third kappa shape index (κ3) is 4.82. The SMILES string of the molecule is Cc1ccc(C2CCC(CC(=O)Nc3ccc(Cl)cc3)CC2)c(F)c1. The van der Waals surface area contributed by atoms with Crippen LogP contribution in [0, 0.1) is 18.7 Å². The average molecular weight is 360 g/mol. The average Bonchev–Trinajstić information content (AvgIpc) is 2.58. The van der Waals surface area contributed by atoms with Crippen LogP contribution in [0.15, 0.2) is 42.5 Å². The molecule has 0 aliphatic heterocycles. The molecular formula is C21H23ClFNO. The van der Waals surface area contributed by atoms with Crippen molar-refractivity contribution in [3.05, 3.63) is 64.4 Å². The van der Waals surface area contributed by atoms with Crippen LogP contribution in [-0.4, -0.2) is 5.91 Å². The summed E-state index contributed by atoms with van der Waals surface area (Å²) in [4.78, 5) is 12.2. The van der Waals surface area contributed by atoms with Crippen LogP contribution in [0.2, 0.25) is 5.02 Å². The number of halogens is 2. The highest BCUT2D eigenvalue weighted by atomic mass is 35.5. The number of hydrogen-bond acceptors (Lipinski definition) is 1. The molecule has 1 fully saturated rings. The van der Waals surface area contributed by atoms with E-state index in [2.05, 4.69) is 5.32 Å². The molecule has 1 amide bonds. The van der Waals surface area contributed by atoms with Crippen molar-refractivity contribution in [1.82, 2.24) is 0 Å². The van der Waals surface area contributed by atoms with Gasteiger partial charge in [0.1, 0.15) is 5.82 Å². The molecule has 1 saturated carbocycles. The first-order valence-corrected chi connectivity index (χ1v) is 9.20. The number of hydrogen-bond donors (Lipinski definition) is 1. The Kier molecular flexibility index (Phi) is 5.74. The number of carbonyl (C=O) groups excluding carboxylic acids is 1. The maximum atomic E-state index is 14.1. The Hall–Kier alpha value is -1.87. The van der Waals surface area contributed by atoms with Crippen LogP contribution in [0.1, 0.15) is 49.1 Å². The normalized spacial score (nSPS) is 20.3. The molecule has 0 aromatic heterocycles. The van der Waals surface area contributed by atoms with Gasteiger partial charge < -0.3 is 5.32 Å². The fourth-order valence-electron chi connectivity index (χ4n) is 3.65. The molecule has 25 heavy (non-hydrogen) atoms. The van der Waals surface area contributed by atoms with Crippen LogP contribution in [0.5, 0.6) is 0 Å². The van der Waals surface area contributed by atoms with Crippen molar-refractivity contribution in [1.29, 1.82) is 0 Å². The molecule has 1 aliphatic carbocycles. The van der Waals surface area contributed by atoms with E-state index in [9.17, 15) is 9.18 Å². The van der Waals surface area contributed by atoms with E-state index >= 15 is 0 Å². The molecule has 0 atom stereocenters. The van der Waals surface area contributed by atoms with Gasteiger partial charge in [-0.1, -0.05) is 23.7 Å². The summed E-state index contributed by atoms with van der Waals surface area (Å²) in [6.45, 7) is 1.91. The van der Waals surface area contributed by atoms with Crippen molar-refractivity contribution >= 4 is 23.2 Å². The van der Waals surface area contributed by atoms with Crippen molar-refractivity contribution in [2.45, 2.75) is 44.9 Å². The summed E-state index contributed by atoms with van der Waals surface area (Å²) in [5.41, 5.74) is 2.55. The summed E-state index contributed by atoms with van der Waals surface area (Å²) in [7, 11) is 0. The number of rotatable bonds is 4. The standard InChI is InChI=1S/C21H23ClFNO/c1-14-2-11-19(20(23)12-14)16-5-3-15(4-6-16)13-21(25)24-18-9-7-17(22)8-10-18/h2,7-12,15-16H,3-6,13H2,1H3,(H,24,25). The van der Waals surface area contributed by atoms with Gasteiger partial charge in [0, 0.05) is 17.1 Å². The van der Waals surface area contributed by atoms with E-state index in [0.717, 1.165) is 42.5 Å². The lowest BCUT2D eigenvalue weighted by molar-refractivity contribution is -0.117. The summed E-state index contributed by atoms with van der Waals surface area (Å²) in [6.07, 6.45) is 4.33. The molecule has 4 heteroatoms. The fraction of sp³-hybridized carbons (Fsp3) is 0.381. The monoisotopic (exact) mass is 359 g/mol. The Bertz CT molecular complexity index is 736. The third-order valence-electron chi connectivity index (χ3n) is 5.04. The minimum Gasteiger partial charge on any atom is -0.326 e. The molecule has 0 saturated heterocycles. The zero-order valence-corrected chi connectivity index (χ0v) is 15.2. The molecular weight excluding hydrogens is 337 g/mol. The molecule has 132 valence electrons. The molecule has 0 unspecified atom stereocenters. The molecule has 1 aliphatic rings. The van der Waals surface area contributed by atoms with Gasteiger partial charge in [-0.2, -0.15) is 0 Å². The molecule has 0 heterocycles. The molecule has 3 rings (SSSR count). The molecule has 0 bridgehead atoms. The zero-order chi connectivity index (χ0) is 17.8. The number of amides is 1. The topological polar surface area (TPSA) is 29.1 Å². The first-order chi connectivity index (χ1) is 12.0. The highest BCUT2D eigenvalue weighted by Crippen LogP contribution is 2.38. The summed E-state index contributed by atoms with van der Waals surface area (Å²) in [5, 5.41) is 3.57. The maximum absolute atomic E-state index is 14.1. The molecule has 2 nitrogen and oxygen atoms in total. The molecule has 2 aromatic rings. The number of nitrogens with one attached hydrogen (secondary N) is 1. The van der Waals surface area contributed by atoms with Crippen molar-refractivity contribution in [2.24, 2.45) is 5.92 Å². The third-order valence-corrected chi connectivity index (χ3v) is 5.30. The first-order valence-electron chi connectivity index (χ1n) is 8.82. The number of anilines is 1. The summed E-state index contributed by atoms with van der Waals surface area (Å²) < 4.78 is 14.1. The fourth-order valence-corrected chi connectivity index (χ4v) is 3.77. The van der Waals surface area contributed by atoms with Crippen LogP contribution in [0.3, 0.4) is 0 Å². The van der Waals surface area contributed by atoms with Gasteiger partial charge in [0.25, 0.3) is 0 Å². The molecule has 2 aromatic carbocycles. The highest BCUT2D eigenvalue weighted by Gasteiger charge is 2.25. The van der Waals surface area contributed by atoms with E-state index in [0.29, 0.717) is 17.4 Å². The minimum atomic E-state index is -0.0936. The molecule has 0 radical (unpaired) electrons. The van der Waals surface area contributed by atoms with Crippen molar-refractivity contribution in [3.63, 3.8) is 0 Å². The number of carbonyl (C=O) groups is 1. The lowest BCUT2D eigenvalue weighted by Gasteiger charge is -2.28. The Morgan fingerprint density at radius 3 is 2.44 bits per heavy atom. The zero-order valence-electron chi connectivity index (χ0n) is 14.4. The molecule has 0 spiro atoms. The van der Waals surface area contributed by atoms with Gasteiger partial charge in [-0.3, -0.25) is 4.79 Å². The van der Waals surface area contributed by atoms with Crippen LogP contribution < -0.4 is 5.32 Å². The van der Waals surface area contributed by atoms with Gasteiger partial charge >= 0.3 is 0 Å². The Morgan fingerprint density at radius 1 is 1.12 bits per heavy atom. The summed E-state index contributed by atoms with van der Waals surface area (Å²) in [5.74, 6) is 0.587. The minimum absolute atomic E-state index is 0.0345. The largest absolute Gasteiger partial charge is 0.326 e. The second kappa shape index (κ2) is 8.01. The molecule has 1 N–H and O–H groups in total. The van der Waals surface area contributed by atoms with Crippen LogP contribution >= 0.6 is 11.6 Å². The van der Waals surface area contributed by atoms with E-state index < -0.39 is 0 Å². The van der Waals surface area contributed by atoms with Gasteiger partial charge in [-0.05, 0) is 85.9 Å². The second-order valence-electron chi connectivity index (χ2n) is 7.00. The Morgan fingerprint density at radius 2 is 1.80 bits per heavy atom. The smallest absolute Gasteiger partial charge is 0.224 e. The predicted octanol–water partition coefficient (Wildman–Crippen LogP) is 6.09. The van der Waals surface area contributed by atoms with Crippen LogP contribution in [0.4, 0.5) is 10.1 Å².